The van der Waals surface area contributed by atoms with E-state index in [1.54, 1.807) is 18.3 Å². The molecule has 0 radical (unpaired) electrons. The van der Waals surface area contributed by atoms with Crippen molar-refractivity contribution in [2.24, 2.45) is 0 Å². The van der Waals surface area contributed by atoms with E-state index in [1.165, 1.54) is 23.9 Å². The van der Waals surface area contributed by atoms with Gasteiger partial charge in [0.05, 0.1) is 16.3 Å². The molecular weight excluding hydrogens is 287 g/mol. The van der Waals surface area contributed by atoms with Crippen LogP contribution in [-0.4, -0.2) is 17.1 Å². The number of hydrogen-bond acceptors (Lipinski definition) is 3. The number of carbonyl (C=O) groups is 1. The summed E-state index contributed by atoms with van der Waals surface area (Å²) in [5.74, 6) is -0.778. The molecule has 6 heteroatoms. The first-order valence-corrected chi connectivity index (χ1v) is 6.97. The van der Waals surface area contributed by atoms with Crippen LogP contribution >= 0.6 is 23.4 Å². The third-order valence-electron chi connectivity index (χ3n) is 2.39. The maximum absolute atomic E-state index is 12.9. The van der Waals surface area contributed by atoms with Gasteiger partial charge in [-0.15, -0.1) is 11.8 Å². The lowest BCUT2D eigenvalue weighted by Crippen LogP contribution is -2.13. The molecule has 1 aromatic carbocycles. The molecule has 0 atom stereocenters. The number of nitrogens with zero attached hydrogens (tertiary/aromatic N) is 1. The minimum absolute atomic E-state index is 0.156. The van der Waals surface area contributed by atoms with Crippen molar-refractivity contribution in [3.8, 4) is 0 Å². The highest BCUT2D eigenvalue weighted by molar-refractivity contribution is 7.98. The van der Waals surface area contributed by atoms with Gasteiger partial charge in [0.15, 0.2) is 0 Å². The van der Waals surface area contributed by atoms with E-state index in [0.717, 1.165) is 6.07 Å². The number of nitrogens with one attached hydrogen (secondary N) is 1. The van der Waals surface area contributed by atoms with Crippen LogP contribution in [0.5, 0.6) is 0 Å². The van der Waals surface area contributed by atoms with Gasteiger partial charge in [0.25, 0.3) is 5.91 Å². The van der Waals surface area contributed by atoms with E-state index in [0.29, 0.717) is 16.3 Å². The van der Waals surface area contributed by atoms with Crippen LogP contribution in [-0.2, 0) is 0 Å². The van der Waals surface area contributed by atoms with E-state index < -0.39 is 5.82 Å². The Morgan fingerprint density at radius 1 is 1.42 bits per heavy atom. The summed E-state index contributed by atoms with van der Waals surface area (Å²) >= 11 is 7.24. The van der Waals surface area contributed by atoms with Crippen LogP contribution < -0.4 is 5.32 Å². The lowest BCUT2D eigenvalue weighted by molar-refractivity contribution is 0.102. The van der Waals surface area contributed by atoms with E-state index in [4.69, 9.17) is 11.6 Å². The normalized spacial score (nSPS) is 10.3. The Kier molecular flexibility index (Phi) is 4.39. The average Bonchev–Trinajstić information content (AvgIpc) is 2.41. The molecule has 0 saturated heterocycles. The van der Waals surface area contributed by atoms with Gasteiger partial charge in [-0.2, -0.15) is 0 Å². The van der Waals surface area contributed by atoms with Crippen molar-refractivity contribution in [2.75, 3.05) is 11.6 Å². The summed E-state index contributed by atoms with van der Waals surface area (Å²) in [7, 11) is 0. The molecule has 1 heterocycles. The Hall–Kier alpha value is -1.59. The molecule has 98 valence electrons. The Morgan fingerprint density at radius 2 is 2.21 bits per heavy atom. The average molecular weight is 297 g/mol. The van der Waals surface area contributed by atoms with Crippen molar-refractivity contribution in [2.45, 2.75) is 5.03 Å². The first-order chi connectivity index (χ1) is 9.11. The van der Waals surface area contributed by atoms with Gasteiger partial charge in [0.1, 0.15) is 10.8 Å². The Bertz CT molecular complexity index is 621. The molecule has 1 aromatic heterocycles. The third-order valence-corrected chi connectivity index (χ3v) is 3.41. The second-order valence-corrected chi connectivity index (χ2v) is 4.84. The Balaban J connectivity index is 2.26. The molecule has 0 aliphatic heterocycles. The van der Waals surface area contributed by atoms with Crippen molar-refractivity contribution >= 4 is 35.0 Å². The SMILES string of the molecule is CSc1ncccc1C(=O)Nc1ccc(F)cc1Cl. The largest absolute Gasteiger partial charge is 0.321 e. The Morgan fingerprint density at radius 3 is 2.89 bits per heavy atom. The zero-order valence-corrected chi connectivity index (χ0v) is 11.6. The van der Waals surface area contributed by atoms with Crippen molar-refractivity contribution < 1.29 is 9.18 Å². The minimum atomic E-state index is -0.450. The summed E-state index contributed by atoms with van der Waals surface area (Å²) in [5, 5.41) is 3.42. The summed E-state index contributed by atoms with van der Waals surface area (Å²) < 4.78 is 12.9. The van der Waals surface area contributed by atoms with Crippen LogP contribution in [0.25, 0.3) is 0 Å². The molecule has 0 unspecified atom stereocenters. The third kappa shape index (κ3) is 3.24. The number of pyridine rings is 1. The second-order valence-electron chi connectivity index (χ2n) is 3.64. The van der Waals surface area contributed by atoms with Crippen LogP contribution in [0.4, 0.5) is 10.1 Å². The second kappa shape index (κ2) is 6.04. The van der Waals surface area contributed by atoms with Crippen LogP contribution in [0, 0.1) is 5.82 Å². The van der Waals surface area contributed by atoms with Crippen LogP contribution in [0.1, 0.15) is 10.4 Å². The molecule has 0 bridgehead atoms. The zero-order chi connectivity index (χ0) is 13.8. The molecule has 0 saturated carbocycles. The highest BCUT2D eigenvalue weighted by Crippen LogP contribution is 2.24. The first-order valence-electron chi connectivity index (χ1n) is 5.37. The van der Waals surface area contributed by atoms with Gasteiger partial charge in [-0.1, -0.05) is 11.6 Å². The van der Waals surface area contributed by atoms with E-state index in [9.17, 15) is 9.18 Å². The monoisotopic (exact) mass is 296 g/mol. The predicted octanol–water partition coefficient (Wildman–Crippen LogP) is 3.85. The number of anilines is 1. The summed E-state index contributed by atoms with van der Waals surface area (Å²) in [6, 6.07) is 7.16. The Labute approximate surface area is 119 Å². The van der Waals surface area contributed by atoms with Gasteiger partial charge in [-0.05, 0) is 36.6 Å². The number of halogens is 2. The van der Waals surface area contributed by atoms with Crippen molar-refractivity contribution in [3.63, 3.8) is 0 Å². The highest BCUT2D eigenvalue weighted by Gasteiger charge is 2.13. The maximum Gasteiger partial charge on any atom is 0.258 e. The molecule has 1 amide bonds. The van der Waals surface area contributed by atoms with Crippen molar-refractivity contribution in [1.82, 2.24) is 4.98 Å². The highest BCUT2D eigenvalue weighted by atomic mass is 35.5. The first kappa shape index (κ1) is 13.8. The van der Waals surface area contributed by atoms with Crippen LogP contribution in [0.3, 0.4) is 0 Å². The molecular formula is C13H10ClFN2OS. The standard InChI is InChI=1S/C13H10ClFN2OS/c1-19-13-9(3-2-6-16-13)12(18)17-11-5-4-8(15)7-10(11)14/h2-7H,1H3,(H,17,18). The van der Waals surface area contributed by atoms with E-state index >= 15 is 0 Å². The smallest absolute Gasteiger partial charge is 0.258 e. The van der Waals surface area contributed by atoms with E-state index in [2.05, 4.69) is 10.3 Å². The number of rotatable bonds is 3. The maximum atomic E-state index is 12.9. The summed E-state index contributed by atoms with van der Waals surface area (Å²) in [6.07, 6.45) is 3.46. The van der Waals surface area contributed by atoms with Crippen LogP contribution in [0.2, 0.25) is 5.02 Å². The van der Waals surface area contributed by atoms with E-state index in [1.807, 2.05) is 6.26 Å². The van der Waals surface area contributed by atoms with Gasteiger partial charge < -0.3 is 5.32 Å². The molecule has 3 nitrogen and oxygen atoms in total. The topological polar surface area (TPSA) is 42.0 Å². The molecule has 2 rings (SSSR count). The van der Waals surface area contributed by atoms with Gasteiger partial charge in [-0.3, -0.25) is 4.79 Å². The molecule has 0 spiro atoms. The number of carbonyl (C=O) groups excluding carboxylic acids is 1. The number of thioether (sulfide) groups is 1. The molecule has 2 aromatic rings. The lowest BCUT2D eigenvalue weighted by Gasteiger charge is -2.09. The molecule has 19 heavy (non-hydrogen) atoms. The molecule has 0 aliphatic carbocycles. The minimum Gasteiger partial charge on any atom is -0.321 e. The number of amides is 1. The fraction of sp³-hybridized carbons (Fsp3) is 0.0769. The van der Waals surface area contributed by atoms with Gasteiger partial charge in [0, 0.05) is 6.20 Å². The molecule has 0 aliphatic rings. The zero-order valence-electron chi connectivity index (χ0n) is 9.98. The summed E-state index contributed by atoms with van der Waals surface area (Å²) in [6.45, 7) is 0. The quantitative estimate of drug-likeness (QED) is 0.875. The fourth-order valence-corrected chi connectivity index (χ4v) is 2.27. The molecule has 1 N–H and O–H groups in total. The summed E-state index contributed by atoms with van der Waals surface area (Å²) in [5.41, 5.74) is 0.819. The number of benzene rings is 1. The molecule has 0 fully saturated rings. The lowest BCUT2D eigenvalue weighted by atomic mass is 10.2. The van der Waals surface area contributed by atoms with Gasteiger partial charge >= 0.3 is 0 Å². The predicted molar refractivity (Wildman–Crippen MR) is 75.4 cm³/mol. The van der Waals surface area contributed by atoms with Crippen molar-refractivity contribution in [3.05, 3.63) is 52.9 Å². The van der Waals surface area contributed by atoms with Gasteiger partial charge in [-0.25, -0.2) is 9.37 Å². The van der Waals surface area contributed by atoms with Gasteiger partial charge in [0.2, 0.25) is 0 Å². The van der Waals surface area contributed by atoms with Crippen LogP contribution in [0.15, 0.2) is 41.6 Å². The van der Waals surface area contributed by atoms with E-state index in [-0.39, 0.29) is 10.9 Å². The van der Waals surface area contributed by atoms with Crippen molar-refractivity contribution in [1.29, 1.82) is 0 Å². The fourth-order valence-electron chi connectivity index (χ4n) is 1.51. The summed E-state index contributed by atoms with van der Waals surface area (Å²) in [4.78, 5) is 16.2. The number of hydrogen-bond donors (Lipinski definition) is 1. The number of aromatic nitrogens is 1.